The minimum Gasteiger partial charge on any atom is -0.298 e. The molecule has 1 aromatic carbocycles. The molecule has 0 radical (unpaired) electrons. The fourth-order valence-corrected chi connectivity index (χ4v) is 8.84. The normalized spacial score (nSPS) is 35.6. The maximum absolute atomic E-state index is 12.7. The van der Waals surface area contributed by atoms with E-state index in [9.17, 15) is 9.59 Å². The molecular weight excluding hydrogens is 476 g/mol. The zero-order valence-electron chi connectivity index (χ0n) is 20.2. The summed E-state index contributed by atoms with van der Waals surface area (Å²) < 4.78 is 0. The van der Waals surface area contributed by atoms with Crippen molar-refractivity contribution in [1.29, 1.82) is 0 Å². The van der Waals surface area contributed by atoms with Gasteiger partial charge in [0.2, 0.25) is 0 Å². The topological polar surface area (TPSA) is 59.1 Å². The van der Waals surface area contributed by atoms with E-state index in [-0.39, 0.29) is 22.5 Å². The van der Waals surface area contributed by atoms with Gasteiger partial charge < -0.3 is 0 Å². The van der Waals surface area contributed by atoms with Crippen molar-refractivity contribution in [2.24, 2.45) is 28.6 Å². The van der Waals surface area contributed by atoms with Gasteiger partial charge >= 0.3 is 0 Å². The van der Waals surface area contributed by atoms with Gasteiger partial charge in [-0.2, -0.15) is 0 Å². The van der Waals surface area contributed by atoms with Gasteiger partial charge in [-0.1, -0.05) is 37.1 Å². The molecule has 4 aliphatic rings. The number of aromatic nitrogens is 1. The van der Waals surface area contributed by atoms with Crippen LogP contribution < -0.4 is 5.32 Å². The highest BCUT2D eigenvalue weighted by molar-refractivity contribution is 7.14. The van der Waals surface area contributed by atoms with E-state index in [0.717, 1.165) is 18.5 Å². The first-order valence-electron chi connectivity index (χ1n) is 12.7. The van der Waals surface area contributed by atoms with E-state index in [2.05, 4.69) is 30.6 Å². The lowest BCUT2D eigenvalue weighted by molar-refractivity contribution is -0.111. The van der Waals surface area contributed by atoms with Crippen molar-refractivity contribution in [3.63, 3.8) is 0 Å². The Labute approximate surface area is 215 Å². The number of hydrogen-bond donors (Lipinski definition) is 1. The first-order valence-corrected chi connectivity index (χ1v) is 14.0. The number of hydrogen-bond acceptors (Lipinski definition) is 4. The molecule has 1 N–H and O–H groups in total. The summed E-state index contributed by atoms with van der Waals surface area (Å²) in [5, 5.41) is 6.41. The molecule has 1 unspecified atom stereocenters. The van der Waals surface area contributed by atoms with Crippen molar-refractivity contribution >= 4 is 39.8 Å². The maximum atomic E-state index is 12.7. The Morgan fingerprint density at radius 1 is 1.11 bits per heavy atom. The first kappa shape index (κ1) is 23.2. The van der Waals surface area contributed by atoms with Crippen LogP contribution in [0.2, 0.25) is 5.02 Å². The number of nitrogens with zero attached hydrogens (tertiary/aromatic N) is 1. The smallest absolute Gasteiger partial charge is 0.257 e. The van der Waals surface area contributed by atoms with Crippen molar-refractivity contribution in [2.75, 3.05) is 5.32 Å². The van der Waals surface area contributed by atoms with Gasteiger partial charge in [0.1, 0.15) is 0 Å². The lowest BCUT2D eigenvalue weighted by atomic mass is 9.47. The Bertz CT molecular complexity index is 1250. The number of benzene rings is 1. The molecule has 6 rings (SSSR count). The zero-order valence-corrected chi connectivity index (χ0v) is 21.8. The minimum atomic E-state index is -0.156. The van der Waals surface area contributed by atoms with Crippen LogP contribution in [0.5, 0.6) is 0 Å². The number of carbonyl (C=O) groups excluding carboxylic acids is 2. The van der Waals surface area contributed by atoms with E-state index in [1.165, 1.54) is 42.6 Å². The summed E-state index contributed by atoms with van der Waals surface area (Å²) in [6.07, 6.45) is 13.0. The molecule has 35 heavy (non-hydrogen) atoms. The molecule has 4 aliphatic carbocycles. The second-order valence-electron chi connectivity index (χ2n) is 11.3. The van der Waals surface area contributed by atoms with E-state index in [1.807, 2.05) is 6.08 Å². The van der Waals surface area contributed by atoms with Gasteiger partial charge in [0.05, 0.1) is 5.69 Å². The van der Waals surface area contributed by atoms with Crippen molar-refractivity contribution in [3.05, 3.63) is 69.7 Å². The van der Waals surface area contributed by atoms with E-state index in [0.29, 0.717) is 39.4 Å². The molecule has 1 aromatic heterocycles. The lowest BCUT2D eigenvalue weighted by Gasteiger charge is -2.57. The SMILES string of the molecule is C[C@]12C=CC(=O)C=C1CC[C@@H]1[C@@H]2CC[C@]2(C)C(c3csc(NC(=O)c4ccc(Cl)cc4)n3)CC[C@@H]12. The van der Waals surface area contributed by atoms with E-state index in [4.69, 9.17) is 16.6 Å². The standard InChI is InChI=1S/C29H31ClN2O2S/c1-28-13-11-20(33)15-18(28)5-8-21-22-9-10-24(29(22,2)14-12-23(21)28)25-16-35-27(31-25)32-26(34)17-3-6-19(30)7-4-17/h3-4,6-7,11,13,15-16,21-24H,5,8-10,12,14H2,1-2H3,(H,31,32,34)/t21-,22-,23-,24?,28-,29-/m0/s1. The van der Waals surface area contributed by atoms with Crippen LogP contribution in [0.3, 0.4) is 0 Å². The van der Waals surface area contributed by atoms with Crippen LogP contribution in [-0.2, 0) is 4.79 Å². The highest BCUT2D eigenvalue weighted by Crippen LogP contribution is 2.67. The quantitative estimate of drug-likeness (QED) is 0.470. The van der Waals surface area contributed by atoms with Crippen molar-refractivity contribution in [3.8, 4) is 0 Å². The van der Waals surface area contributed by atoms with Crippen LogP contribution in [0.1, 0.15) is 74.3 Å². The van der Waals surface area contributed by atoms with Gasteiger partial charge in [-0.3, -0.25) is 14.9 Å². The van der Waals surface area contributed by atoms with Crippen LogP contribution in [0.15, 0.2) is 53.4 Å². The Kier molecular flexibility index (Phi) is 5.57. The monoisotopic (exact) mass is 506 g/mol. The van der Waals surface area contributed by atoms with Gasteiger partial charge in [-0.25, -0.2) is 4.98 Å². The Morgan fingerprint density at radius 2 is 1.91 bits per heavy atom. The fraction of sp³-hybridized carbons (Fsp3) is 0.483. The summed E-state index contributed by atoms with van der Waals surface area (Å²) in [6.45, 7) is 4.86. The molecule has 3 saturated carbocycles. The predicted molar refractivity (Wildman–Crippen MR) is 141 cm³/mol. The summed E-state index contributed by atoms with van der Waals surface area (Å²) in [5.74, 6) is 2.43. The molecule has 1 amide bonds. The van der Waals surface area contributed by atoms with Crippen LogP contribution in [-0.4, -0.2) is 16.7 Å². The summed E-state index contributed by atoms with van der Waals surface area (Å²) in [5.41, 5.74) is 3.34. The third kappa shape index (κ3) is 3.74. The number of nitrogens with one attached hydrogen (secondary N) is 1. The summed E-state index contributed by atoms with van der Waals surface area (Å²) >= 11 is 7.47. The first-order chi connectivity index (χ1) is 16.8. The highest BCUT2D eigenvalue weighted by atomic mass is 35.5. The summed E-state index contributed by atoms with van der Waals surface area (Å²) in [4.78, 5) is 29.6. The van der Waals surface area contributed by atoms with Gasteiger partial charge in [0, 0.05) is 27.3 Å². The molecule has 1 heterocycles. The van der Waals surface area contributed by atoms with Gasteiger partial charge in [0.25, 0.3) is 5.91 Å². The average Bonchev–Trinajstić information content (AvgIpc) is 3.43. The van der Waals surface area contributed by atoms with Gasteiger partial charge in [-0.05, 0) is 98.1 Å². The second kappa shape index (κ2) is 8.41. The number of allylic oxidation sites excluding steroid dienone is 4. The number of ketones is 1. The molecule has 0 saturated heterocycles. The Morgan fingerprint density at radius 3 is 2.71 bits per heavy atom. The number of anilines is 1. The van der Waals surface area contributed by atoms with Crippen LogP contribution in [0.4, 0.5) is 5.13 Å². The Hall–Kier alpha value is -2.24. The number of amides is 1. The number of halogens is 1. The molecule has 0 spiro atoms. The Balaban J connectivity index is 1.20. The third-order valence-corrected chi connectivity index (χ3v) is 10.8. The average molecular weight is 507 g/mol. The van der Waals surface area contributed by atoms with Gasteiger partial charge in [0.15, 0.2) is 10.9 Å². The third-order valence-electron chi connectivity index (χ3n) is 9.76. The van der Waals surface area contributed by atoms with Crippen LogP contribution in [0, 0.1) is 28.6 Å². The molecule has 2 aromatic rings. The number of rotatable bonds is 3. The van der Waals surface area contributed by atoms with Crippen molar-refractivity contribution < 1.29 is 9.59 Å². The predicted octanol–water partition coefficient (Wildman–Crippen LogP) is 7.44. The van der Waals surface area contributed by atoms with E-state index in [1.54, 1.807) is 30.3 Å². The largest absolute Gasteiger partial charge is 0.298 e. The molecule has 182 valence electrons. The molecule has 4 nitrogen and oxygen atoms in total. The highest BCUT2D eigenvalue weighted by Gasteiger charge is 2.59. The van der Waals surface area contributed by atoms with Crippen LogP contribution in [0.25, 0.3) is 0 Å². The fourth-order valence-electron chi connectivity index (χ4n) is 7.96. The molecular formula is C29H31ClN2O2S. The van der Waals surface area contributed by atoms with E-state index < -0.39 is 0 Å². The van der Waals surface area contributed by atoms with E-state index >= 15 is 0 Å². The number of thiazole rings is 1. The van der Waals surface area contributed by atoms with Gasteiger partial charge in [-0.15, -0.1) is 11.3 Å². The molecule has 0 aliphatic heterocycles. The molecule has 0 bridgehead atoms. The number of fused-ring (bicyclic) bond motifs is 5. The lowest BCUT2D eigenvalue weighted by Crippen LogP contribution is -2.49. The summed E-state index contributed by atoms with van der Waals surface area (Å²) in [6, 6.07) is 6.92. The van der Waals surface area contributed by atoms with Crippen molar-refractivity contribution in [2.45, 2.75) is 58.3 Å². The summed E-state index contributed by atoms with van der Waals surface area (Å²) in [7, 11) is 0. The molecule has 6 atom stereocenters. The minimum absolute atomic E-state index is 0.0377. The molecule has 3 fully saturated rings. The zero-order chi connectivity index (χ0) is 24.4. The van der Waals surface area contributed by atoms with Crippen molar-refractivity contribution in [1.82, 2.24) is 4.98 Å². The van der Waals surface area contributed by atoms with Crippen LogP contribution >= 0.6 is 22.9 Å². The number of carbonyl (C=O) groups is 2. The second-order valence-corrected chi connectivity index (χ2v) is 12.6. The molecule has 6 heteroatoms. The maximum Gasteiger partial charge on any atom is 0.257 e.